The smallest absolute Gasteiger partial charge is 0.229 e. The summed E-state index contributed by atoms with van der Waals surface area (Å²) < 4.78 is 4.98. The molecule has 0 bridgehead atoms. The fourth-order valence-corrected chi connectivity index (χ4v) is 2.68. The number of carbonyl (C=O) groups is 1. The number of halogens is 1. The summed E-state index contributed by atoms with van der Waals surface area (Å²) in [6.07, 6.45) is 2.51. The minimum absolute atomic E-state index is 0. The molecule has 1 saturated heterocycles. The third kappa shape index (κ3) is 3.70. The zero-order valence-electron chi connectivity index (χ0n) is 11.5. The van der Waals surface area contributed by atoms with Crippen LogP contribution in [0, 0.1) is 12.8 Å². The lowest BCUT2D eigenvalue weighted by Crippen LogP contribution is -2.51. The molecule has 0 aliphatic carbocycles. The van der Waals surface area contributed by atoms with Gasteiger partial charge in [-0.25, -0.2) is 0 Å². The van der Waals surface area contributed by atoms with Gasteiger partial charge in [0.15, 0.2) is 0 Å². The topological polar surface area (TPSA) is 72.4 Å². The third-order valence-electron chi connectivity index (χ3n) is 3.69. The van der Waals surface area contributed by atoms with Crippen LogP contribution in [-0.4, -0.2) is 35.1 Å². The van der Waals surface area contributed by atoms with Crippen molar-refractivity contribution in [1.82, 2.24) is 10.1 Å². The first-order valence-corrected chi connectivity index (χ1v) is 6.53. The Hall–Kier alpha value is -1.07. The Balaban J connectivity index is 0.00000180. The van der Waals surface area contributed by atoms with Crippen molar-refractivity contribution in [1.29, 1.82) is 0 Å². The van der Waals surface area contributed by atoms with Crippen molar-refractivity contribution in [3.63, 3.8) is 0 Å². The fraction of sp³-hybridized carbons (Fsp3) is 0.692. The van der Waals surface area contributed by atoms with Crippen molar-refractivity contribution >= 4 is 18.3 Å². The van der Waals surface area contributed by atoms with Gasteiger partial charge >= 0.3 is 0 Å². The number of rotatable bonds is 3. The Bertz CT molecular complexity index is 422. The molecule has 0 aromatic carbocycles. The van der Waals surface area contributed by atoms with Crippen LogP contribution in [0.5, 0.6) is 0 Å². The molecule has 2 N–H and O–H groups in total. The number of hydrogen-bond acceptors (Lipinski definition) is 4. The number of nitrogens with two attached hydrogens (primary N) is 1. The molecule has 108 valence electrons. The maximum absolute atomic E-state index is 12.3. The monoisotopic (exact) mass is 287 g/mol. The van der Waals surface area contributed by atoms with Gasteiger partial charge < -0.3 is 15.2 Å². The largest absolute Gasteiger partial charge is 0.361 e. The van der Waals surface area contributed by atoms with Crippen molar-refractivity contribution in [3.05, 3.63) is 17.5 Å². The van der Waals surface area contributed by atoms with Crippen LogP contribution in [0.25, 0.3) is 0 Å². The van der Waals surface area contributed by atoms with Gasteiger partial charge in [-0.2, -0.15) is 0 Å². The molecular formula is C13H22ClN3O2. The molecule has 0 radical (unpaired) electrons. The number of piperidine rings is 1. The quantitative estimate of drug-likeness (QED) is 0.915. The van der Waals surface area contributed by atoms with Crippen molar-refractivity contribution < 1.29 is 9.32 Å². The molecule has 1 amide bonds. The molecule has 6 heteroatoms. The third-order valence-corrected chi connectivity index (χ3v) is 3.69. The van der Waals surface area contributed by atoms with Crippen LogP contribution in [0.15, 0.2) is 10.6 Å². The number of nitrogens with zero attached hydrogens (tertiary/aromatic N) is 2. The molecule has 2 atom stereocenters. The maximum atomic E-state index is 12.3. The standard InChI is InChI=1S/C13H21N3O2.ClH/c1-9-4-3-5-16(12(9)8-14)13(17)7-11-6-10(2)18-15-11;/h6,9,12H,3-5,7-8,14H2,1-2H3;1H. The van der Waals surface area contributed by atoms with E-state index in [0.717, 1.165) is 25.1 Å². The van der Waals surface area contributed by atoms with Crippen LogP contribution in [0.4, 0.5) is 0 Å². The fourth-order valence-electron chi connectivity index (χ4n) is 2.68. The zero-order valence-corrected chi connectivity index (χ0v) is 12.3. The minimum atomic E-state index is 0. The summed E-state index contributed by atoms with van der Waals surface area (Å²) in [5.41, 5.74) is 6.49. The van der Waals surface area contributed by atoms with Crippen LogP contribution in [0.2, 0.25) is 0 Å². The van der Waals surface area contributed by atoms with Crippen LogP contribution in [-0.2, 0) is 11.2 Å². The lowest BCUT2D eigenvalue weighted by Gasteiger charge is -2.39. The molecule has 1 aliphatic rings. The lowest BCUT2D eigenvalue weighted by molar-refractivity contribution is -0.135. The average molecular weight is 288 g/mol. The summed E-state index contributed by atoms with van der Waals surface area (Å²) in [7, 11) is 0. The summed E-state index contributed by atoms with van der Waals surface area (Å²) in [5.74, 6) is 1.32. The molecule has 2 unspecified atom stereocenters. The molecule has 1 fully saturated rings. The van der Waals surface area contributed by atoms with Crippen molar-refractivity contribution in [3.8, 4) is 0 Å². The van der Waals surface area contributed by atoms with E-state index in [2.05, 4.69) is 12.1 Å². The summed E-state index contributed by atoms with van der Waals surface area (Å²) in [5, 5.41) is 3.87. The molecule has 0 saturated carbocycles. The Labute approximate surface area is 119 Å². The van der Waals surface area contributed by atoms with E-state index < -0.39 is 0 Å². The summed E-state index contributed by atoms with van der Waals surface area (Å²) in [6, 6.07) is 1.97. The minimum Gasteiger partial charge on any atom is -0.361 e. The van der Waals surface area contributed by atoms with Gasteiger partial charge in [0.25, 0.3) is 0 Å². The van der Waals surface area contributed by atoms with Crippen LogP contribution in [0.3, 0.4) is 0 Å². The van der Waals surface area contributed by atoms with E-state index in [9.17, 15) is 4.79 Å². The van der Waals surface area contributed by atoms with E-state index in [1.165, 1.54) is 0 Å². The number of hydrogen-bond donors (Lipinski definition) is 1. The number of aromatic nitrogens is 1. The first-order valence-electron chi connectivity index (χ1n) is 6.53. The van der Waals surface area contributed by atoms with Gasteiger partial charge in [-0.15, -0.1) is 12.4 Å². The Morgan fingerprint density at radius 3 is 2.95 bits per heavy atom. The highest BCUT2D eigenvalue weighted by Gasteiger charge is 2.30. The van der Waals surface area contributed by atoms with Gasteiger partial charge in [-0.05, 0) is 25.7 Å². The van der Waals surface area contributed by atoms with Gasteiger partial charge in [0, 0.05) is 25.2 Å². The molecule has 0 spiro atoms. The molecule has 5 nitrogen and oxygen atoms in total. The van der Waals surface area contributed by atoms with Crippen LogP contribution in [0.1, 0.15) is 31.2 Å². The van der Waals surface area contributed by atoms with E-state index in [1.54, 1.807) is 0 Å². The van der Waals surface area contributed by atoms with E-state index in [-0.39, 0.29) is 24.4 Å². The second kappa shape index (κ2) is 6.91. The molecule has 2 heterocycles. The zero-order chi connectivity index (χ0) is 13.1. The molecule has 19 heavy (non-hydrogen) atoms. The first-order chi connectivity index (χ1) is 8.61. The lowest BCUT2D eigenvalue weighted by atomic mass is 9.90. The van der Waals surface area contributed by atoms with Gasteiger partial charge in [0.2, 0.25) is 5.91 Å². The second-order valence-corrected chi connectivity index (χ2v) is 5.12. The average Bonchev–Trinajstić information content (AvgIpc) is 2.74. The normalized spacial score (nSPS) is 23.0. The first kappa shape index (κ1) is 16.0. The van der Waals surface area contributed by atoms with E-state index in [0.29, 0.717) is 24.6 Å². The molecular weight excluding hydrogens is 266 g/mol. The predicted molar refractivity (Wildman–Crippen MR) is 75.1 cm³/mol. The number of aryl methyl sites for hydroxylation is 1. The Morgan fingerprint density at radius 1 is 1.63 bits per heavy atom. The molecule has 2 rings (SSSR count). The molecule has 1 aliphatic heterocycles. The highest BCUT2D eigenvalue weighted by atomic mass is 35.5. The van der Waals surface area contributed by atoms with Gasteiger partial charge in [-0.1, -0.05) is 12.1 Å². The van der Waals surface area contributed by atoms with Crippen molar-refractivity contribution in [2.24, 2.45) is 11.7 Å². The van der Waals surface area contributed by atoms with Crippen molar-refractivity contribution in [2.45, 2.75) is 39.2 Å². The highest BCUT2D eigenvalue weighted by Crippen LogP contribution is 2.23. The number of amides is 1. The Morgan fingerprint density at radius 2 is 2.37 bits per heavy atom. The van der Waals surface area contributed by atoms with E-state index in [4.69, 9.17) is 10.3 Å². The maximum Gasteiger partial charge on any atom is 0.229 e. The molecule has 1 aromatic rings. The number of carbonyl (C=O) groups excluding carboxylic acids is 1. The SMILES string of the molecule is Cc1cc(CC(=O)N2CCCC(C)C2CN)no1.Cl. The highest BCUT2D eigenvalue weighted by molar-refractivity contribution is 5.85. The van der Waals surface area contributed by atoms with Crippen molar-refractivity contribution in [2.75, 3.05) is 13.1 Å². The van der Waals surface area contributed by atoms with Crippen LogP contribution >= 0.6 is 12.4 Å². The van der Waals surface area contributed by atoms with Gasteiger partial charge in [-0.3, -0.25) is 4.79 Å². The van der Waals surface area contributed by atoms with E-state index >= 15 is 0 Å². The van der Waals surface area contributed by atoms with Gasteiger partial charge in [0.05, 0.1) is 12.1 Å². The summed E-state index contributed by atoms with van der Waals surface area (Å²) in [6.45, 7) is 5.33. The molecule has 1 aromatic heterocycles. The summed E-state index contributed by atoms with van der Waals surface area (Å²) >= 11 is 0. The number of likely N-dealkylation sites (tertiary alicyclic amines) is 1. The summed E-state index contributed by atoms with van der Waals surface area (Å²) in [4.78, 5) is 14.2. The van der Waals surface area contributed by atoms with Gasteiger partial charge in [0.1, 0.15) is 5.76 Å². The van der Waals surface area contributed by atoms with Crippen LogP contribution < -0.4 is 5.73 Å². The van der Waals surface area contributed by atoms with E-state index in [1.807, 2.05) is 17.9 Å². The Kier molecular flexibility index (Phi) is 5.82. The second-order valence-electron chi connectivity index (χ2n) is 5.12. The predicted octanol–water partition coefficient (Wildman–Crippen LogP) is 1.53.